The zero-order chi connectivity index (χ0) is 20.3. The van der Waals surface area contributed by atoms with Crippen molar-refractivity contribution in [2.75, 3.05) is 6.54 Å². The maximum atomic E-state index is 12.8. The largest absolute Gasteiger partial charge is 0.474 e. The minimum Gasteiger partial charge on any atom is -0.474 e. The number of imide groups is 1. The van der Waals surface area contributed by atoms with Gasteiger partial charge in [-0.2, -0.15) is 0 Å². The molecule has 8 heteroatoms. The van der Waals surface area contributed by atoms with Crippen molar-refractivity contribution < 1.29 is 19.1 Å². The Labute approximate surface area is 164 Å². The Balaban J connectivity index is 1.61. The summed E-state index contributed by atoms with van der Waals surface area (Å²) < 4.78 is 5.89. The summed E-state index contributed by atoms with van der Waals surface area (Å²) in [7, 11) is 0. The van der Waals surface area contributed by atoms with Gasteiger partial charge in [-0.25, -0.2) is 9.78 Å². The second-order valence-electron chi connectivity index (χ2n) is 7.99. The van der Waals surface area contributed by atoms with E-state index in [9.17, 15) is 14.4 Å². The number of carbonyl (C=O) groups excluding carboxylic acids is 3. The van der Waals surface area contributed by atoms with E-state index in [1.807, 2.05) is 0 Å². The predicted molar refractivity (Wildman–Crippen MR) is 103 cm³/mol. The third kappa shape index (κ3) is 4.43. The van der Waals surface area contributed by atoms with E-state index < -0.39 is 5.91 Å². The first-order valence-electron chi connectivity index (χ1n) is 9.89. The number of primary amides is 1. The molecule has 3 N–H and O–H groups in total. The van der Waals surface area contributed by atoms with Crippen molar-refractivity contribution in [3.05, 3.63) is 23.9 Å². The quantitative estimate of drug-likeness (QED) is 0.774. The van der Waals surface area contributed by atoms with Crippen LogP contribution >= 0.6 is 0 Å². The smallest absolute Gasteiger partial charge is 0.324 e. The highest BCUT2D eigenvalue weighted by molar-refractivity contribution is 5.98. The molecule has 1 saturated heterocycles. The average Bonchev–Trinajstić information content (AvgIpc) is 2.65. The molecular formula is C20H28N4O4. The number of nitrogens with one attached hydrogen (secondary N) is 1. The molecule has 0 bridgehead atoms. The van der Waals surface area contributed by atoms with Gasteiger partial charge in [-0.15, -0.1) is 0 Å². The molecule has 28 heavy (non-hydrogen) atoms. The molecule has 0 radical (unpaired) electrons. The molecule has 3 rings (SSSR count). The second-order valence-corrected chi connectivity index (χ2v) is 7.99. The summed E-state index contributed by atoms with van der Waals surface area (Å²) in [5.41, 5.74) is 5.63. The van der Waals surface area contributed by atoms with Crippen LogP contribution in [0.15, 0.2) is 18.3 Å². The Morgan fingerprint density at radius 3 is 2.68 bits per heavy atom. The molecule has 2 fully saturated rings. The molecule has 1 atom stereocenters. The van der Waals surface area contributed by atoms with Crippen LogP contribution in [0.25, 0.3) is 0 Å². The monoisotopic (exact) mass is 388 g/mol. The Kier molecular flexibility index (Phi) is 6.16. The fourth-order valence-electron chi connectivity index (χ4n) is 4.03. The van der Waals surface area contributed by atoms with E-state index in [0.29, 0.717) is 38.1 Å². The van der Waals surface area contributed by atoms with Gasteiger partial charge < -0.3 is 15.8 Å². The van der Waals surface area contributed by atoms with Gasteiger partial charge in [0, 0.05) is 18.8 Å². The number of urea groups is 1. The fraction of sp³-hybridized carbons (Fsp3) is 0.600. The zero-order valence-corrected chi connectivity index (χ0v) is 16.4. The van der Waals surface area contributed by atoms with Gasteiger partial charge in [-0.05, 0) is 50.2 Å². The minimum absolute atomic E-state index is 0.0671. The van der Waals surface area contributed by atoms with Crippen LogP contribution < -0.4 is 15.8 Å². The molecule has 0 spiro atoms. The number of nitrogens with zero attached hydrogens (tertiary/aromatic N) is 2. The first-order valence-corrected chi connectivity index (χ1v) is 9.89. The fourth-order valence-corrected chi connectivity index (χ4v) is 4.03. The SMILES string of the molecule is CC(C)CC1CNC(=O)N(C2CCC(Oc3ncccc3C(N)=O)CC2)C1=O. The van der Waals surface area contributed by atoms with Crippen LogP contribution in [0, 0.1) is 11.8 Å². The van der Waals surface area contributed by atoms with E-state index in [0.717, 1.165) is 6.42 Å². The van der Waals surface area contributed by atoms with Crippen LogP contribution in [0.3, 0.4) is 0 Å². The summed E-state index contributed by atoms with van der Waals surface area (Å²) in [6.45, 7) is 4.57. The Morgan fingerprint density at radius 2 is 2.04 bits per heavy atom. The van der Waals surface area contributed by atoms with E-state index in [1.54, 1.807) is 18.3 Å². The van der Waals surface area contributed by atoms with Crippen molar-refractivity contribution in [3.63, 3.8) is 0 Å². The molecule has 1 aliphatic heterocycles. The molecule has 1 aromatic heterocycles. The van der Waals surface area contributed by atoms with Crippen molar-refractivity contribution in [2.24, 2.45) is 17.6 Å². The third-order valence-electron chi connectivity index (χ3n) is 5.38. The number of hydrogen-bond acceptors (Lipinski definition) is 5. The van der Waals surface area contributed by atoms with Crippen molar-refractivity contribution in [3.8, 4) is 5.88 Å². The van der Waals surface area contributed by atoms with Crippen molar-refractivity contribution in [1.82, 2.24) is 15.2 Å². The normalized spacial score (nSPS) is 25.5. The summed E-state index contributed by atoms with van der Waals surface area (Å²) in [5, 5.41) is 2.86. The molecule has 0 aromatic carbocycles. The summed E-state index contributed by atoms with van der Waals surface area (Å²) in [6, 6.07) is 2.80. The highest BCUT2D eigenvalue weighted by Crippen LogP contribution is 2.30. The predicted octanol–water partition coefficient (Wildman–Crippen LogP) is 2.08. The zero-order valence-electron chi connectivity index (χ0n) is 16.4. The maximum absolute atomic E-state index is 12.8. The summed E-state index contributed by atoms with van der Waals surface area (Å²) in [5.74, 6) is -0.167. The number of pyridine rings is 1. The first kappa shape index (κ1) is 20.1. The highest BCUT2D eigenvalue weighted by Gasteiger charge is 2.40. The summed E-state index contributed by atoms with van der Waals surface area (Å²) in [6.07, 6.45) is 4.87. The lowest BCUT2D eigenvalue weighted by atomic mass is 9.89. The van der Waals surface area contributed by atoms with Crippen LogP contribution in [0.1, 0.15) is 56.3 Å². The highest BCUT2D eigenvalue weighted by atomic mass is 16.5. The molecule has 1 saturated carbocycles. The number of aromatic nitrogens is 1. The maximum Gasteiger partial charge on any atom is 0.324 e. The molecule has 8 nitrogen and oxygen atoms in total. The van der Waals surface area contributed by atoms with Gasteiger partial charge >= 0.3 is 6.03 Å². The van der Waals surface area contributed by atoms with E-state index in [-0.39, 0.29) is 41.4 Å². The van der Waals surface area contributed by atoms with Crippen LogP contribution in [-0.2, 0) is 4.79 Å². The van der Waals surface area contributed by atoms with E-state index in [1.165, 1.54) is 4.90 Å². The van der Waals surface area contributed by atoms with Gasteiger partial charge in [0.25, 0.3) is 5.91 Å². The lowest BCUT2D eigenvalue weighted by Gasteiger charge is -2.40. The minimum atomic E-state index is -0.580. The van der Waals surface area contributed by atoms with Gasteiger partial charge in [0.05, 0.1) is 5.92 Å². The van der Waals surface area contributed by atoms with Gasteiger partial charge in [-0.1, -0.05) is 13.8 Å². The van der Waals surface area contributed by atoms with E-state index in [4.69, 9.17) is 10.5 Å². The van der Waals surface area contributed by atoms with Gasteiger partial charge in [0.1, 0.15) is 11.7 Å². The lowest BCUT2D eigenvalue weighted by Crippen LogP contribution is -2.59. The molecule has 1 aromatic rings. The number of carbonyl (C=O) groups is 3. The molecule has 2 heterocycles. The first-order chi connectivity index (χ1) is 13.4. The van der Waals surface area contributed by atoms with Gasteiger partial charge in [0.15, 0.2) is 0 Å². The number of hydrogen-bond donors (Lipinski definition) is 2. The standard InChI is InChI=1S/C20H28N4O4/c1-12(2)10-13-11-23-20(27)24(19(13)26)14-5-7-15(8-6-14)28-18-16(17(21)25)4-3-9-22-18/h3-4,9,12-15H,5-8,10-11H2,1-2H3,(H2,21,25)(H,23,27). The van der Waals surface area contributed by atoms with E-state index >= 15 is 0 Å². The molecular weight excluding hydrogens is 360 g/mol. The number of amides is 4. The topological polar surface area (TPSA) is 115 Å². The van der Waals surface area contributed by atoms with Crippen molar-refractivity contribution >= 4 is 17.8 Å². The second kappa shape index (κ2) is 8.58. The number of ether oxygens (including phenoxy) is 1. The summed E-state index contributed by atoms with van der Waals surface area (Å²) >= 11 is 0. The Bertz CT molecular complexity index is 743. The van der Waals surface area contributed by atoms with Crippen LogP contribution in [-0.4, -0.2) is 46.4 Å². The molecule has 1 unspecified atom stereocenters. The Hall–Kier alpha value is -2.64. The van der Waals surface area contributed by atoms with Crippen molar-refractivity contribution in [2.45, 2.75) is 58.1 Å². The lowest BCUT2D eigenvalue weighted by molar-refractivity contribution is -0.137. The van der Waals surface area contributed by atoms with Gasteiger partial charge in [0.2, 0.25) is 11.8 Å². The number of rotatable bonds is 6. The van der Waals surface area contributed by atoms with Crippen LogP contribution in [0.2, 0.25) is 0 Å². The van der Waals surface area contributed by atoms with Crippen LogP contribution in [0.4, 0.5) is 4.79 Å². The Morgan fingerprint density at radius 1 is 1.32 bits per heavy atom. The third-order valence-corrected chi connectivity index (χ3v) is 5.38. The molecule has 4 amide bonds. The molecule has 152 valence electrons. The average molecular weight is 388 g/mol. The van der Waals surface area contributed by atoms with Crippen molar-refractivity contribution in [1.29, 1.82) is 0 Å². The molecule has 1 aliphatic carbocycles. The van der Waals surface area contributed by atoms with Gasteiger partial charge in [-0.3, -0.25) is 14.5 Å². The van der Waals surface area contributed by atoms with E-state index in [2.05, 4.69) is 24.1 Å². The number of nitrogens with two attached hydrogens (primary N) is 1. The van der Waals surface area contributed by atoms with Crippen LogP contribution in [0.5, 0.6) is 5.88 Å². The molecule has 2 aliphatic rings. The summed E-state index contributed by atoms with van der Waals surface area (Å²) in [4.78, 5) is 42.2.